The molecule has 3 aromatic rings. The lowest BCUT2D eigenvalue weighted by Gasteiger charge is -2.31. The number of imidazole rings is 1. The molecule has 2 aliphatic rings. The Morgan fingerprint density at radius 3 is 2.59 bits per heavy atom. The molecule has 12 heteroatoms. The number of piperazine rings is 1. The highest BCUT2D eigenvalue weighted by molar-refractivity contribution is 7.71. The summed E-state index contributed by atoms with van der Waals surface area (Å²) in [4.78, 5) is 20.5. The van der Waals surface area contributed by atoms with Gasteiger partial charge in [0.1, 0.15) is 11.2 Å². The molecule has 0 saturated carbocycles. The number of rotatable bonds is 6. The lowest BCUT2D eigenvalue weighted by Crippen LogP contribution is -2.45. The first-order valence-corrected chi connectivity index (χ1v) is 12.3. The molecule has 0 N–H and O–H groups in total. The predicted molar refractivity (Wildman–Crippen MR) is 128 cm³/mol. The first-order valence-electron chi connectivity index (χ1n) is 11.2. The van der Waals surface area contributed by atoms with Gasteiger partial charge in [-0.3, -0.25) is 14.8 Å². The van der Waals surface area contributed by atoms with E-state index in [2.05, 4.69) is 14.8 Å². The number of fused-ring (bicyclic) bond motifs is 1. The maximum atomic E-state index is 10.9. The first kappa shape index (κ1) is 22.7. The van der Waals surface area contributed by atoms with Crippen LogP contribution in [-0.2, 0) is 21.6 Å². The van der Waals surface area contributed by atoms with Gasteiger partial charge in [-0.25, -0.2) is 9.97 Å². The van der Waals surface area contributed by atoms with Crippen molar-refractivity contribution in [3.8, 4) is 17.0 Å². The van der Waals surface area contributed by atoms with E-state index < -0.39 is 10.3 Å². The van der Waals surface area contributed by atoms with Crippen molar-refractivity contribution in [1.82, 2.24) is 29.2 Å². The van der Waals surface area contributed by atoms with Crippen LogP contribution in [-0.4, -0.2) is 103 Å². The van der Waals surface area contributed by atoms with Gasteiger partial charge in [-0.05, 0) is 6.07 Å². The second-order valence-corrected chi connectivity index (χ2v) is 9.04. The molecule has 0 bridgehead atoms. The quantitative estimate of drug-likeness (QED) is 0.455. The van der Waals surface area contributed by atoms with Crippen LogP contribution < -0.4 is 9.64 Å². The van der Waals surface area contributed by atoms with E-state index in [0.717, 1.165) is 54.6 Å². The number of methoxy groups -OCH3 is 1. The second kappa shape index (κ2) is 10.1. The SMILES string of the molecule is COc1cncc(-c2cn3cc(CN4CCN(C=S(=O)=O)CC4)nc3c(N3CCOCC3)n2)c1. The van der Waals surface area contributed by atoms with Crippen molar-refractivity contribution in [1.29, 1.82) is 0 Å². The maximum absolute atomic E-state index is 10.9. The van der Waals surface area contributed by atoms with Gasteiger partial charge in [-0.2, -0.15) is 8.42 Å². The van der Waals surface area contributed by atoms with Crippen molar-refractivity contribution < 1.29 is 17.9 Å². The highest BCUT2D eigenvalue weighted by atomic mass is 32.2. The number of pyridine rings is 1. The van der Waals surface area contributed by atoms with E-state index in [0.29, 0.717) is 38.6 Å². The van der Waals surface area contributed by atoms with Crippen LogP contribution in [0.4, 0.5) is 5.82 Å². The average Bonchev–Trinajstić information content (AvgIpc) is 3.27. The zero-order valence-corrected chi connectivity index (χ0v) is 19.8. The second-order valence-electron chi connectivity index (χ2n) is 8.30. The highest BCUT2D eigenvalue weighted by Crippen LogP contribution is 2.27. The van der Waals surface area contributed by atoms with E-state index >= 15 is 0 Å². The summed E-state index contributed by atoms with van der Waals surface area (Å²) in [5.74, 6) is 1.50. The summed E-state index contributed by atoms with van der Waals surface area (Å²) < 4.78 is 34.8. The minimum absolute atomic E-state index is 0.655. The van der Waals surface area contributed by atoms with E-state index in [1.165, 1.54) is 5.49 Å². The topological polar surface area (TPSA) is 105 Å². The van der Waals surface area contributed by atoms with Crippen LogP contribution in [0.2, 0.25) is 0 Å². The molecule has 11 nitrogen and oxygen atoms in total. The Morgan fingerprint density at radius 2 is 1.85 bits per heavy atom. The molecule has 0 radical (unpaired) electrons. The normalized spacial score (nSPS) is 17.7. The molecule has 34 heavy (non-hydrogen) atoms. The Labute approximate surface area is 199 Å². The van der Waals surface area contributed by atoms with Gasteiger partial charge in [0.25, 0.3) is 0 Å². The summed E-state index contributed by atoms with van der Waals surface area (Å²) in [6.07, 6.45) is 7.47. The minimum Gasteiger partial charge on any atom is -0.495 e. The molecule has 5 heterocycles. The number of morpholine rings is 1. The average molecular weight is 486 g/mol. The summed E-state index contributed by atoms with van der Waals surface area (Å²) in [7, 11) is -0.543. The van der Waals surface area contributed by atoms with E-state index in [1.54, 1.807) is 19.5 Å². The van der Waals surface area contributed by atoms with Crippen LogP contribution in [0.5, 0.6) is 5.75 Å². The van der Waals surface area contributed by atoms with Crippen molar-refractivity contribution >= 4 is 27.2 Å². The van der Waals surface area contributed by atoms with Gasteiger partial charge in [-0.1, -0.05) is 0 Å². The van der Waals surface area contributed by atoms with Gasteiger partial charge in [0.2, 0.25) is 10.3 Å². The van der Waals surface area contributed by atoms with E-state index in [-0.39, 0.29) is 0 Å². The molecular formula is C22H27N7O4S. The predicted octanol–water partition coefficient (Wildman–Crippen LogP) is 0.393. The monoisotopic (exact) mass is 485 g/mol. The van der Waals surface area contributed by atoms with E-state index in [4.69, 9.17) is 19.4 Å². The van der Waals surface area contributed by atoms with Crippen LogP contribution in [0, 0.1) is 0 Å². The molecule has 0 spiro atoms. The molecule has 180 valence electrons. The Kier molecular flexibility index (Phi) is 6.72. The van der Waals surface area contributed by atoms with Crippen molar-refractivity contribution in [2.45, 2.75) is 6.54 Å². The number of aromatic nitrogens is 4. The number of anilines is 1. The summed E-state index contributed by atoms with van der Waals surface area (Å²) in [5.41, 5.74) is 4.68. The fourth-order valence-corrected chi connectivity index (χ4v) is 4.74. The number of hydrogen-bond acceptors (Lipinski definition) is 9. The molecule has 0 amide bonds. The van der Waals surface area contributed by atoms with Crippen molar-refractivity contribution in [3.05, 3.63) is 36.5 Å². The lowest BCUT2D eigenvalue weighted by molar-refractivity contribution is 0.122. The van der Waals surface area contributed by atoms with Crippen LogP contribution in [0.3, 0.4) is 0 Å². The molecule has 2 aliphatic heterocycles. The summed E-state index contributed by atoms with van der Waals surface area (Å²) >= 11 is 0. The van der Waals surface area contributed by atoms with Crippen molar-refractivity contribution in [3.63, 3.8) is 0 Å². The molecule has 3 aromatic heterocycles. The molecule has 0 unspecified atom stereocenters. The Hall–Kier alpha value is -3.06. The molecule has 2 fully saturated rings. The Bertz CT molecular complexity index is 1290. The standard InChI is InChI=1S/C22H27N7O4S/c1-32-19-10-17(11-23-12-19)20-15-29-14-18(13-26-2-4-27(5-3-26)16-34(30)31)24-21(29)22(25-20)28-6-8-33-9-7-28/h10-12,14-16H,2-9,13H2,1H3. The number of nitrogens with zero attached hydrogens (tertiary/aromatic N) is 7. The van der Waals surface area contributed by atoms with E-state index in [9.17, 15) is 8.42 Å². The molecule has 0 aromatic carbocycles. The molecule has 0 aliphatic carbocycles. The summed E-state index contributed by atoms with van der Waals surface area (Å²) in [6, 6.07) is 1.92. The Balaban J connectivity index is 1.45. The molecule has 2 saturated heterocycles. The van der Waals surface area contributed by atoms with Crippen LogP contribution >= 0.6 is 0 Å². The molecule has 0 atom stereocenters. The zero-order valence-electron chi connectivity index (χ0n) is 19.0. The van der Waals surface area contributed by atoms with Crippen molar-refractivity contribution in [2.75, 3.05) is 64.5 Å². The number of hydrogen-bond donors (Lipinski definition) is 0. The summed E-state index contributed by atoms with van der Waals surface area (Å²) in [5, 5.41) is 0. The third-order valence-corrected chi connectivity index (χ3v) is 6.52. The molecular weight excluding hydrogens is 458 g/mol. The summed E-state index contributed by atoms with van der Waals surface area (Å²) in [6.45, 7) is 6.41. The lowest BCUT2D eigenvalue weighted by atomic mass is 10.2. The van der Waals surface area contributed by atoms with Gasteiger partial charge < -0.3 is 18.8 Å². The maximum Gasteiger partial charge on any atom is 0.225 e. The van der Waals surface area contributed by atoms with Gasteiger partial charge >= 0.3 is 0 Å². The van der Waals surface area contributed by atoms with Crippen LogP contribution in [0.1, 0.15) is 5.69 Å². The van der Waals surface area contributed by atoms with Gasteiger partial charge in [-0.15, -0.1) is 0 Å². The molecule has 5 rings (SSSR count). The fourth-order valence-electron chi connectivity index (χ4n) is 4.28. The fraction of sp³-hybridized carbons (Fsp3) is 0.455. The zero-order chi connectivity index (χ0) is 23.5. The third-order valence-electron chi connectivity index (χ3n) is 6.05. The minimum atomic E-state index is -2.16. The Morgan fingerprint density at radius 1 is 1.06 bits per heavy atom. The first-order chi connectivity index (χ1) is 16.6. The van der Waals surface area contributed by atoms with Gasteiger partial charge in [0.15, 0.2) is 11.5 Å². The van der Waals surface area contributed by atoms with Gasteiger partial charge in [0.05, 0.1) is 37.9 Å². The van der Waals surface area contributed by atoms with Crippen LogP contribution in [0.25, 0.3) is 16.9 Å². The van der Waals surface area contributed by atoms with Gasteiger partial charge in [0, 0.05) is 70.0 Å². The van der Waals surface area contributed by atoms with E-state index in [1.807, 2.05) is 27.8 Å². The van der Waals surface area contributed by atoms with Crippen molar-refractivity contribution in [2.24, 2.45) is 0 Å². The third kappa shape index (κ3) is 5.04. The highest BCUT2D eigenvalue weighted by Gasteiger charge is 2.21. The van der Waals surface area contributed by atoms with Crippen LogP contribution in [0.15, 0.2) is 30.9 Å². The number of ether oxygens (including phenoxy) is 2. The smallest absolute Gasteiger partial charge is 0.225 e. The largest absolute Gasteiger partial charge is 0.495 e.